The third kappa shape index (κ3) is 3.10. The summed E-state index contributed by atoms with van der Waals surface area (Å²) in [6.07, 6.45) is 0.954. The van der Waals surface area contributed by atoms with Gasteiger partial charge in [0.25, 0.3) is 0 Å². The fraction of sp³-hybridized carbons (Fsp3) is 0.556. The largest absolute Gasteiger partial charge is 0.396 e. The molecule has 0 saturated heterocycles. The average molecular weight is 306 g/mol. The van der Waals surface area contributed by atoms with Crippen LogP contribution in [0.1, 0.15) is 18.9 Å². The normalized spacial score (nSPS) is 34.7. The maximum Gasteiger partial charge on any atom is 0.110 e. The summed E-state index contributed by atoms with van der Waals surface area (Å²) in [5.41, 5.74) is 0.658. The minimum absolute atomic E-state index is 0.101. The Labute approximate surface area is 132 Å². The molecule has 4 heteroatoms. The molecule has 1 fully saturated rings. The fourth-order valence-electron chi connectivity index (χ4n) is 3.59. The SMILES string of the molecule is C=CC[C@@]1(C)[C@H](OCc2ccccc2)[C@@H](OC)[C@H](O)[C@@H]1CO. The minimum atomic E-state index is -0.749. The second-order valence-electron chi connectivity index (χ2n) is 6.20. The van der Waals surface area contributed by atoms with E-state index in [4.69, 9.17) is 9.47 Å². The molecule has 0 spiro atoms. The van der Waals surface area contributed by atoms with E-state index < -0.39 is 17.6 Å². The van der Waals surface area contributed by atoms with Crippen LogP contribution < -0.4 is 0 Å². The summed E-state index contributed by atoms with van der Waals surface area (Å²) in [7, 11) is 1.57. The van der Waals surface area contributed by atoms with Gasteiger partial charge in [-0.15, -0.1) is 6.58 Å². The van der Waals surface area contributed by atoms with Crippen LogP contribution in [0.5, 0.6) is 0 Å². The Morgan fingerprint density at radius 1 is 1.32 bits per heavy atom. The van der Waals surface area contributed by atoms with E-state index in [9.17, 15) is 10.2 Å². The van der Waals surface area contributed by atoms with Crippen molar-refractivity contribution >= 4 is 0 Å². The molecule has 22 heavy (non-hydrogen) atoms. The van der Waals surface area contributed by atoms with Crippen molar-refractivity contribution in [2.24, 2.45) is 11.3 Å². The standard InChI is InChI=1S/C18H26O4/c1-4-10-18(2)14(11-19)15(20)16(21-3)17(18)22-12-13-8-6-5-7-9-13/h4-9,14-17,19-20H,1,10-12H2,2-3H3/t14-,15+,16-,17+,18+/m0/s1. The minimum Gasteiger partial charge on any atom is -0.396 e. The molecule has 0 radical (unpaired) electrons. The molecular weight excluding hydrogens is 280 g/mol. The molecule has 0 unspecified atom stereocenters. The molecule has 0 bridgehead atoms. The first-order valence-corrected chi connectivity index (χ1v) is 7.66. The van der Waals surface area contributed by atoms with Gasteiger partial charge in [-0.3, -0.25) is 0 Å². The van der Waals surface area contributed by atoms with Crippen molar-refractivity contribution in [3.05, 3.63) is 48.6 Å². The molecule has 1 aliphatic rings. The molecule has 0 heterocycles. The van der Waals surface area contributed by atoms with Crippen LogP contribution in [0.25, 0.3) is 0 Å². The molecule has 0 amide bonds. The Morgan fingerprint density at radius 2 is 2.00 bits per heavy atom. The quantitative estimate of drug-likeness (QED) is 0.758. The summed E-state index contributed by atoms with van der Waals surface area (Å²) < 4.78 is 11.6. The predicted molar refractivity (Wildman–Crippen MR) is 85.3 cm³/mol. The molecule has 0 aromatic heterocycles. The van der Waals surface area contributed by atoms with Gasteiger partial charge in [-0.1, -0.05) is 43.3 Å². The van der Waals surface area contributed by atoms with Crippen molar-refractivity contribution in [1.29, 1.82) is 0 Å². The van der Waals surface area contributed by atoms with Gasteiger partial charge in [0.1, 0.15) is 6.10 Å². The number of hydrogen-bond donors (Lipinski definition) is 2. The van der Waals surface area contributed by atoms with Crippen molar-refractivity contribution in [3.8, 4) is 0 Å². The monoisotopic (exact) mass is 306 g/mol. The average Bonchev–Trinajstić information content (AvgIpc) is 2.72. The first-order valence-electron chi connectivity index (χ1n) is 7.66. The van der Waals surface area contributed by atoms with Crippen LogP contribution in [0.3, 0.4) is 0 Å². The van der Waals surface area contributed by atoms with Gasteiger partial charge in [-0.25, -0.2) is 0 Å². The van der Waals surface area contributed by atoms with Crippen molar-refractivity contribution < 1.29 is 19.7 Å². The molecule has 2 rings (SSSR count). The highest BCUT2D eigenvalue weighted by Gasteiger charge is 2.57. The van der Waals surface area contributed by atoms with Gasteiger partial charge in [0.15, 0.2) is 0 Å². The van der Waals surface area contributed by atoms with Crippen molar-refractivity contribution in [2.75, 3.05) is 13.7 Å². The second kappa shape index (κ2) is 7.38. The third-order valence-electron chi connectivity index (χ3n) is 4.87. The van der Waals surface area contributed by atoms with Gasteiger partial charge < -0.3 is 19.7 Å². The Balaban J connectivity index is 2.21. The van der Waals surface area contributed by atoms with E-state index in [2.05, 4.69) is 6.58 Å². The lowest BCUT2D eigenvalue weighted by molar-refractivity contribution is -0.105. The summed E-state index contributed by atoms with van der Waals surface area (Å²) in [5, 5.41) is 20.2. The van der Waals surface area contributed by atoms with Crippen LogP contribution in [-0.2, 0) is 16.1 Å². The zero-order chi connectivity index (χ0) is 16.2. The lowest BCUT2D eigenvalue weighted by atomic mass is 9.75. The summed E-state index contributed by atoms with van der Waals surface area (Å²) in [6.45, 7) is 6.18. The van der Waals surface area contributed by atoms with Gasteiger partial charge in [-0.2, -0.15) is 0 Å². The van der Waals surface area contributed by atoms with Gasteiger partial charge in [-0.05, 0) is 12.0 Å². The van der Waals surface area contributed by atoms with Crippen LogP contribution in [0.4, 0.5) is 0 Å². The summed E-state index contributed by atoms with van der Waals surface area (Å²) in [5.74, 6) is -0.295. The first kappa shape index (κ1) is 17.2. The van der Waals surface area contributed by atoms with Crippen LogP contribution >= 0.6 is 0 Å². The Hall–Kier alpha value is -1.20. The highest BCUT2D eigenvalue weighted by Crippen LogP contribution is 2.48. The van der Waals surface area contributed by atoms with Crippen molar-refractivity contribution in [2.45, 2.75) is 38.3 Å². The molecule has 1 saturated carbocycles. The van der Waals surface area contributed by atoms with Crippen LogP contribution in [0.15, 0.2) is 43.0 Å². The van der Waals surface area contributed by atoms with E-state index in [1.807, 2.05) is 43.3 Å². The maximum atomic E-state index is 10.5. The van der Waals surface area contributed by atoms with E-state index in [0.717, 1.165) is 5.56 Å². The predicted octanol–water partition coefficient (Wildman–Crippen LogP) is 2.15. The Kier molecular flexibility index (Phi) is 5.75. The van der Waals surface area contributed by atoms with Crippen molar-refractivity contribution in [3.63, 3.8) is 0 Å². The van der Waals surface area contributed by atoms with Crippen LogP contribution in [0.2, 0.25) is 0 Å². The molecule has 1 aliphatic carbocycles. The third-order valence-corrected chi connectivity index (χ3v) is 4.87. The molecule has 5 atom stereocenters. The number of aliphatic hydroxyl groups excluding tert-OH is 2. The number of rotatable bonds is 7. The van der Waals surface area contributed by atoms with E-state index in [-0.39, 0.29) is 18.6 Å². The smallest absolute Gasteiger partial charge is 0.110 e. The Morgan fingerprint density at radius 3 is 2.55 bits per heavy atom. The number of hydrogen-bond acceptors (Lipinski definition) is 4. The first-order chi connectivity index (χ1) is 10.6. The van der Waals surface area contributed by atoms with E-state index in [1.54, 1.807) is 7.11 Å². The number of allylic oxidation sites excluding steroid dienone is 1. The number of ether oxygens (including phenoxy) is 2. The van der Waals surface area contributed by atoms with Gasteiger partial charge >= 0.3 is 0 Å². The van der Waals surface area contributed by atoms with Gasteiger partial charge in [0.2, 0.25) is 0 Å². The van der Waals surface area contributed by atoms with E-state index in [1.165, 1.54) is 0 Å². The molecule has 2 N–H and O–H groups in total. The van der Waals surface area contributed by atoms with Crippen LogP contribution in [0, 0.1) is 11.3 Å². The summed E-state index contributed by atoms with van der Waals surface area (Å²) >= 11 is 0. The summed E-state index contributed by atoms with van der Waals surface area (Å²) in [4.78, 5) is 0. The highest BCUT2D eigenvalue weighted by atomic mass is 16.5. The highest BCUT2D eigenvalue weighted by molar-refractivity contribution is 5.14. The lowest BCUT2D eigenvalue weighted by Gasteiger charge is -2.35. The number of aliphatic hydroxyl groups is 2. The fourth-order valence-corrected chi connectivity index (χ4v) is 3.59. The lowest BCUT2D eigenvalue weighted by Crippen LogP contribution is -2.40. The van der Waals surface area contributed by atoms with Gasteiger partial charge in [0, 0.05) is 25.0 Å². The molecule has 4 nitrogen and oxygen atoms in total. The molecular formula is C18H26O4. The zero-order valence-corrected chi connectivity index (χ0v) is 13.3. The molecule has 122 valence electrons. The topological polar surface area (TPSA) is 58.9 Å². The van der Waals surface area contributed by atoms with Crippen molar-refractivity contribution in [1.82, 2.24) is 0 Å². The molecule has 1 aromatic carbocycles. The summed E-state index contributed by atoms with van der Waals surface area (Å²) in [6, 6.07) is 9.90. The second-order valence-corrected chi connectivity index (χ2v) is 6.20. The molecule has 1 aromatic rings. The van der Waals surface area contributed by atoms with Crippen LogP contribution in [-0.4, -0.2) is 42.2 Å². The van der Waals surface area contributed by atoms with E-state index >= 15 is 0 Å². The van der Waals surface area contributed by atoms with Gasteiger partial charge in [0.05, 0.1) is 18.8 Å². The number of methoxy groups -OCH3 is 1. The Bertz CT molecular complexity index is 475. The maximum absolute atomic E-state index is 10.5. The zero-order valence-electron chi connectivity index (χ0n) is 13.3. The van der Waals surface area contributed by atoms with E-state index in [0.29, 0.717) is 13.0 Å². The number of benzene rings is 1. The molecule has 0 aliphatic heterocycles.